The number of amides is 2. The molecule has 1 atom stereocenters. The maximum atomic E-state index is 13.8. The van der Waals surface area contributed by atoms with Gasteiger partial charge in [-0.2, -0.15) is 0 Å². The van der Waals surface area contributed by atoms with Gasteiger partial charge < -0.3 is 10.6 Å². The van der Waals surface area contributed by atoms with Crippen LogP contribution < -0.4 is 10.6 Å². The molecular formula is C23H17ClF4N2O2S. The molecule has 3 rings (SSSR count). The Hall–Kier alpha value is -3.04. The fourth-order valence-corrected chi connectivity index (χ4v) is 3.77. The van der Waals surface area contributed by atoms with E-state index in [1.54, 1.807) is 48.5 Å². The van der Waals surface area contributed by atoms with E-state index >= 15 is 0 Å². The number of rotatable bonds is 7. The highest BCUT2D eigenvalue weighted by atomic mass is 35.5. The van der Waals surface area contributed by atoms with E-state index in [0.717, 1.165) is 17.3 Å². The molecule has 0 saturated heterocycles. The van der Waals surface area contributed by atoms with E-state index < -0.39 is 40.1 Å². The molecule has 172 valence electrons. The second kappa shape index (κ2) is 10.7. The van der Waals surface area contributed by atoms with Gasteiger partial charge in [0.25, 0.3) is 0 Å². The zero-order chi connectivity index (χ0) is 24.1. The summed E-state index contributed by atoms with van der Waals surface area (Å²) in [7, 11) is 0. The molecule has 0 saturated carbocycles. The minimum Gasteiger partial charge on any atom is -0.326 e. The van der Waals surface area contributed by atoms with Gasteiger partial charge in [0.1, 0.15) is 5.69 Å². The molecule has 0 aliphatic carbocycles. The molecule has 0 fully saturated rings. The Balaban J connectivity index is 1.57. The Morgan fingerprint density at radius 1 is 0.909 bits per heavy atom. The van der Waals surface area contributed by atoms with Crippen molar-refractivity contribution in [2.45, 2.75) is 23.5 Å². The van der Waals surface area contributed by atoms with Crippen LogP contribution in [0.15, 0.2) is 59.5 Å². The van der Waals surface area contributed by atoms with E-state index in [-0.39, 0.29) is 18.4 Å². The molecule has 0 aliphatic rings. The quantitative estimate of drug-likeness (QED) is 0.233. The van der Waals surface area contributed by atoms with Gasteiger partial charge in [-0.25, -0.2) is 17.6 Å². The van der Waals surface area contributed by atoms with Crippen LogP contribution in [-0.2, 0) is 16.0 Å². The molecule has 0 aliphatic heterocycles. The van der Waals surface area contributed by atoms with Crippen LogP contribution in [0.3, 0.4) is 0 Å². The average Bonchev–Trinajstić information content (AvgIpc) is 2.78. The van der Waals surface area contributed by atoms with Gasteiger partial charge in [0.15, 0.2) is 23.3 Å². The number of carbonyl (C=O) groups is 2. The van der Waals surface area contributed by atoms with Crippen molar-refractivity contribution in [2.24, 2.45) is 0 Å². The third kappa shape index (κ3) is 6.49. The summed E-state index contributed by atoms with van der Waals surface area (Å²) in [6, 6.07) is 13.5. The summed E-state index contributed by atoms with van der Waals surface area (Å²) in [6.45, 7) is 1.47. The summed E-state index contributed by atoms with van der Waals surface area (Å²) in [4.78, 5) is 25.1. The lowest BCUT2D eigenvalue weighted by atomic mass is 10.1. The van der Waals surface area contributed by atoms with Crippen molar-refractivity contribution >= 4 is 46.6 Å². The minimum atomic E-state index is -1.68. The summed E-state index contributed by atoms with van der Waals surface area (Å²) < 4.78 is 54.1. The Bertz CT molecular complexity index is 1150. The molecule has 2 amide bonds. The number of carbonyl (C=O) groups excluding carboxylic acids is 2. The first-order valence-corrected chi connectivity index (χ1v) is 10.8. The molecule has 33 heavy (non-hydrogen) atoms. The van der Waals surface area contributed by atoms with Gasteiger partial charge in [0, 0.05) is 21.7 Å². The topological polar surface area (TPSA) is 58.2 Å². The molecule has 0 heterocycles. The fourth-order valence-electron chi connectivity index (χ4n) is 2.78. The van der Waals surface area contributed by atoms with Crippen molar-refractivity contribution in [3.05, 3.63) is 88.5 Å². The van der Waals surface area contributed by atoms with E-state index in [0.29, 0.717) is 15.6 Å². The molecule has 3 aromatic rings. The molecule has 1 unspecified atom stereocenters. The van der Waals surface area contributed by atoms with Crippen LogP contribution in [0, 0.1) is 23.3 Å². The van der Waals surface area contributed by atoms with Crippen LogP contribution in [-0.4, -0.2) is 17.1 Å². The van der Waals surface area contributed by atoms with E-state index in [1.165, 1.54) is 6.92 Å². The monoisotopic (exact) mass is 496 g/mol. The third-order valence-electron chi connectivity index (χ3n) is 4.46. The molecule has 3 aromatic carbocycles. The van der Waals surface area contributed by atoms with E-state index in [2.05, 4.69) is 5.32 Å². The van der Waals surface area contributed by atoms with Crippen LogP contribution in [0.2, 0.25) is 5.02 Å². The maximum Gasteiger partial charge on any atom is 0.237 e. The predicted molar refractivity (Wildman–Crippen MR) is 120 cm³/mol. The lowest BCUT2D eigenvalue weighted by Crippen LogP contribution is -2.24. The molecule has 4 nitrogen and oxygen atoms in total. The zero-order valence-electron chi connectivity index (χ0n) is 17.1. The van der Waals surface area contributed by atoms with Gasteiger partial charge in [-0.3, -0.25) is 9.59 Å². The number of benzene rings is 3. The standard InChI is InChI=1S/C23H17ClF4N2O2S/c1-12(23(32)30-22-20(27)17(25)11-18(26)21(22)28)33-16-8-6-15(7-9-16)29-19(31)10-13-2-4-14(24)5-3-13/h2-9,11-12H,10H2,1H3,(H,29,31)(H,30,32). The first-order valence-electron chi connectivity index (χ1n) is 9.59. The smallest absolute Gasteiger partial charge is 0.237 e. The number of anilines is 2. The van der Waals surface area contributed by atoms with Crippen molar-refractivity contribution < 1.29 is 27.2 Å². The average molecular weight is 497 g/mol. The predicted octanol–water partition coefficient (Wildman–Crippen LogP) is 6.20. The maximum absolute atomic E-state index is 13.8. The Morgan fingerprint density at radius 2 is 1.48 bits per heavy atom. The third-order valence-corrected chi connectivity index (χ3v) is 5.82. The summed E-state index contributed by atoms with van der Waals surface area (Å²) in [5.74, 6) is -7.66. The molecule has 0 radical (unpaired) electrons. The van der Waals surface area contributed by atoms with Crippen LogP contribution >= 0.6 is 23.4 Å². The van der Waals surface area contributed by atoms with Crippen molar-refractivity contribution in [3.8, 4) is 0 Å². The van der Waals surface area contributed by atoms with Crippen LogP contribution in [0.25, 0.3) is 0 Å². The van der Waals surface area contributed by atoms with Gasteiger partial charge >= 0.3 is 0 Å². The lowest BCUT2D eigenvalue weighted by Gasteiger charge is -2.14. The van der Waals surface area contributed by atoms with Crippen molar-refractivity contribution in [1.82, 2.24) is 0 Å². The largest absolute Gasteiger partial charge is 0.326 e. The number of hydrogen-bond acceptors (Lipinski definition) is 3. The van der Waals surface area contributed by atoms with Crippen molar-refractivity contribution in [3.63, 3.8) is 0 Å². The SMILES string of the molecule is CC(Sc1ccc(NC(=O)Cc2ccc(Cl)cc2)cc1)C(=O)Nc1c(F)c(F)cc(F)c1F. The Morgan fingerprint density at radius 3 is 2.06 bits per heavy atom. The van der Waals surface area contributed by atoms with Gasteiger partial charge in [-0.1, -0.05) is 23.7 Å². The number of nitrogens with one attached hydrogen (secondary N) is 2. The first-order chi connectivity index (χ1) is 15.6. The first kappa shape index (κ1) is 24.6. The number of hydrogen-bond donors (Lipinski definition) is 2. The zero-order valence-corrected chi connectivity index (χ0v) is 18.7. The summed E-state index contributed by atoms with van der Waals surface area (Å²) >= 11 is 6.88. The Kier molecular flexibility index (Phi) is 7.99. The summed E-state index contributed by atoms with van der Waals surface area (Å²) in [5.41, 5.74) is 0.161. The van der Waals surface area contributed by atoms with Gasteiger partial charge in [0.2, 0.25) is 11.8 Å². The van der Waals surface area contributed by atoms with Gasteiger partial charge in [0.05, 0.1) is 11.7 Å². The van der Waals surface area contributed by atoms with Crippen LogP contribution in [0.1, 0.15) is 12.5 Å². The van der Waals surface area contributed by atoms with Crippen molar-refractivity contribution in [1.29, 1.82) is 0 Å². The van der Waals surface area contributed by atoms with Crippen LogP contribution in [0.4, 0.5) is 28.9 Å². The summed E-state index contributed by atoms with van der Waals surface area (Å²) in [6.07, 6.45) is 0.165. The highest BCUT2D eigenvalue weighted by Crippen LogP contribution is 2.28. The lowest BCUT2D eigenvalue weighted by molar-refractivity contribution is -0.116. The molecule has 0 spiro atoms. The number of halogens is 5. The number of thioether (sulfide) groups is 1. The molecule has 10 heteroatoms. The molecule has 0 bridgehead atoms. The highest BCUT2D eigenvalue weighted by Gasteiger charge is 2.23. The molecule has 0 aromatic heterocycles. The van der Waals surface area contributed by atoms with E-state index in [1.807, 2.05) is 5.32 Å². The fraction of sp³-hybridized carbons (Fsp3) is 0.130. The van der Waals surface area contributed by atoms with Gasteiger partial charge in [-0.05, 0) is 48.9 Å². The second-order valence-electron chi connectivity index (χ2n) is 6.97. The summed E-state index contributed by atoms with van der Waals surface area (Å²) in [5, 5.41) is 4.37. The highest BCUT2D eigenvalue weighted by molar-refractivity contribution is 8.00. The Labute approximate surface area is 196 Å². The molecular weight excluding hydrogens is 480 g/mol. The van der Waals surface area contributed by atoms with Gasteiger partial charge in [-0.15, -0.1) is 11.8 Å². The minimum absolute atomic E-state index is 0.0638. The van der Waals surface area contributed by atoms with Crippen LogP contribution in [0.5, 0.6) is 0 Å². The van der Waals surface area contributed by atoms with E-state index in [9.17, 15) is 27.2 Å². The van der Waals surface area contributed by atoms with Crippen molar-refractivity contribution in [2.75, 3.05) is 10.6 Å². The van der Waals surface area contributed by atoms with E-state index in [4.69, 9.17) is 11.6 Å². The normalized spacial score (nSPS) is 11.7. The molecule has 2 N–H and O–H groups in total. The second-order valence-corrected chi connectivity index (χ2v) is 8.82.